The van der Waals surface area contributed by atoms with Crippen molar-refractivity contribution in [2.24, 2.45) is 109 Å². The van der Waals surface area contributed by atoms with Gasteiger partial charge in [-0.15, -0.1) is 5.92 Å². The number of aryl methyl sites for hydroxylation is 1. The molecular weight excluding hydrogens is 1020 g/mol. The van der Waals surface area contributed by atoms with Crippen molar-refractivity contribution in [1.82, 2.24) is 9.80 Å². The number of piperidine rings is 2. The van der Waals surface area contributed by atoms with E-state index in [-0.39, 0.29) is 52.5 Å². The lowest BCUT2D eigenvalue weighted by molar-refractivity contribution is -0.284. The maximum atomic E-state index is 17.2. The van der Waals surface area contributed by atoms with Crippen molar-refractivity contribution >= 4 is 11.9 Å². The second-order valence-corrected chi connectivity index (χ2v) is 33.2. The Balaban J connectivity index is 0.880. The van der Waals surface area contributed by atoms with Gasteiger partial charge in [-0.25, -0.2) is 4.79 Å². The number of rotatable bonds is 4. The van der Waals surface area contributed by atoms with Crippen molar-refractivity contribution in [1.29, 1.82) is 0 Å². The minimum atomic E-state index is -1.16. The van der Waals surface area contributed by atoms with Crippen LogP contribution in [-0.4, -0.2) is 64.6 Å². The number of fused-ring (bicyclic) bond motifs is 7. The van der Waals surface area contributed by atoms with E-state index < -0.39 is 16.4 Å². The second kappa shape index (κ2) is 16.7. The van der Waals surface area contributed by atoms with E-state index in [1.54, 1.807) is 22.4 Å². The quantitative estimate of drug-likeness (QED) is 0.175. The van der Waals surface area contributed by atoms with Crippen LogP contribution in [0.15, 0.2) is 63.8 Å². The molecule has 7 heterocycles. The first-order valence-corrected chi connectivity index (χ1v) is 35.4. The number of allylic oxidation sites excluding steroid dienone is 4. The maximum Gasteiger partial charge on any atom is 0.339 e. The van der Waals surface area contributed by atoms with Gasteiger partial charge in [0.15, 0.2) is 11.4 Å². The van der Waals surface area contributed by atoms with Crippen molar-refractivity contribution < 1.29 is 24.2 Å². The van der Waals surface area contributed by atoms with Crippen LogP contribution in [0.3, 0.4) is 0 Å². The van der Waals surface area contributed by atoms with Crippen molar-refractivity contribution in [3.8, 4) is 11.8 Å². The predicted molar refractivity (Wildman–Crippen MR) is 317 cm³/mol. The number of aliphatic hydroxyl groups is 1. The van der Waals surface area contributed by atoms with Crippen LogP contribution < -0.4 is 5.73 Å². The van der Waals surface area contributed by atoms with E-state index in [0.29, 0.717) is 113 Å². The van der Waals surface area contributed by atoms with E-state index in [1.165, 1.54) is 147 Å². The summed E-state index contributed by atoms with van der Waals surface area (Å²) in [6.45, 7) is 5.48. The van der Waals surface area contributed by atoms with Gasteiger partial charge in [0.2, 0.25) is 0 Å². The van der Waals surface area contributed by atoms with Crippen molar-refractivity contribution in [3.63, 3.8) is 0 Å². The highest BCUT2D eigenvalue weighted by molar-refractivity contribution is 6.00. The van der Waals surface area contributed by atoms with Crippen LogP contribution in [-0.2, 0) is 26.3 Å². The maximum absolute atomic E-state index is 17.2. The fourth-order valence-electron chi connectivity index (χ4n) is 29.7. The number of nitrogens with zero attached hydrogens (tertiary/aromatic N) is 2. The fourth-order valence-corrected chi connectivity index (χ4v) is 29.7. The third kappa shape index (κ3) is 5.50. The van der Waals surface area contributed by atoms with Gasteiger partial charge < -0.3 is 25.2 Å². The molecule has 8 saturated carbocycles. The molecule has 8 heteroatoms. The Bertz CT molecular complexity index is 3300. The second-order valence-electron chi connectivity index (χ2n) is 33.2. The molecule has 19 aliphatic rings. The van der Waals surface area contributed by atoms with Crippen LogP contribution in [0.1, 0.15) is 221 Å². The minimum absolute atomic E-state index is 0.110. The largest absolute Gasteiger partial charge is 0.509 e. The van der Waals surface area contributed by atoms with Gasteiger partial charge in [0.05, 0.1) is 11.0 Å². The Morgan fingerprint density at radius 1 is 0.807 bits per heavy atom. The zero-order chi connectivity index (χ0) is 54.9. The van der Waals surface area contributed by atoms with Crippen LogP contribution in [0, 0.1) is 115 Å². The van der Waals surface area contributed by atoms with E-state index in [9.17, 15) is 5.11 Å². The molecular formula is C75H93N3O5. The molecule has 20 atom stereocenters. The summed E-state index contributed by atoms with van der Waals surface area (Å²) >= 11 is 0. The third-order valence-electron chi connectivity index (χ3n) is 31.8. The number of carbonyl (C=O) groups excluding carboxylic acids is 2. The summed E-state index contributed by atoms with van der Waals surface area (Å²) in [4.78, 5) is 39.1. The van der Waals surface area contributed by atoms with Crippen molar-refractivity contribution in [2.75, 3.05) is 19.6 Å². The molecule has 438 valence electrons. The number of hydrogen-bond acceptors (Lipinski definition) is 8. The molecule has 7 spiro atoms. The summed E-state index contributed by atoms with van der Waals surface area (Å²) in [5.41, 5.74) is 14.9. The van der Waals surface area contributed by atoms with Gasteiger partial charge in [0.1, 0.15) is 11.2 Å². The smallest absolute Gasteiger partial charge is 0.339 e. The summed E-state index contributed by atoms with van der Waals surface area (Å²) in [6, 6.07) is 7.55. The summed E-state index contributed by atoms with van der Waals surface area (Å²) in [5.74, 6) is 14.0. The lowest BCUT2D eigenvalue weighted by atomic mass is 9.26. The van der Waals surface area contributed by atoms with Crippen LogP contribution >= 0.6 is 0 Å². The molecule has 11 fully saturated rings. The molecule has 20 rings (SSSR count). The summed E-state index contributed by atoms with van der Waals surface area (Å²) in [7, 11) is 0. The molecule has 1 aromatic carbocycles. The number of hydrogen-bond donors (Lipinski definition) is 2. The highest BCUT2D eigenvalue weighted by Gasteiger charge is 2.94. The molecule has 0 aromatic heterocycles. The Morgan fingerprint density at radius 3 is 2.57 bits per heavy atom. The number of benzene rings is 1. The number of ether oxygens (including phenoxy) is 2. The predicted octanol–water partition coefficient (Wildman–Crippen LogP) is 14.3. The molecule has 13 bridgehead atoms. The molecule has 3 saturated heterocycles. The van der Waals surface area contributed by atoms with E-state index >= 15 is 9.59 Å². The standard InChI is InChI=1S/C75H93N3O5/c1-42-32-48-34-46-20-21-51-54-40-78-64(46)55(51)41-77-57(54)19-8-16-50-17-9-26-71(50)27-11-28-72(71)38-49(37-69(72)24-5-6-25-69)58(77)36-59(79)66-73-30-23-52-62-53-39-70(42,63(52)65(48)78)29-22-45(53)33-47(43-12-3-2-4-13-43)35-60(74(62,73)68(81)82-66)75(73)56-18-7-14-44(15-10-31-76)61(56)67(80)83-75/h7,14,18,33,42-43,46-47,49-51,53-55,57-58,60,63-64,79H,2-6,9-13,15,17,19-32,34-41,76H2,1H3. The first kappa shape index (κ1) is 50.2. The highest BCUT2D eigenvalue weighted by atomic mass is 16.6. The average Bonchev–Trinajstić information content (AvgIpc) is 1.56. The molecule has 20 unspecified atom stereocenters. The molecule has 1 aromatic rings. The summed E-state index contributed by atoms with van der Waals surface area (Å²) in [6.07, 6.45) is 39.0. The van der Waals surface area contributed by atoms with Crippen molar-refractivity contribution in [2.45, 2.75) is 230 Å². The van der Waals surface area contributed by atoms with Gasteiger partial charge in [0.25, 0.3) is 0 Å². The van der Waals surface area contributed by atoms with E-state index in [2.05, 4.69) is 52.8 Å². The number of nitrogens with two attached hydrogens (primary N) is 1. The topological polar surface area (TPSA) is 105 Å². The van der Waals surface area contributed by atoms with Gasteiger partial charge in [-0.05, 0) is 234 Å². The average molecular weight is 1120 g/mol. The van der Waals surface area contributed by atoms with Gasteiger partial charge >= 0.3 is 11.9 Å². The molecule has 8 nitrogen and oxygen atoms in total. The van der Waals surface area contributed by atoms with Gasteiger partial charge in [0, 0.05) is 79.0 Å². The van der Waals surface area contributed by atoms with E-state index in [0.717, 1.165) is 62.7 Å². The minimum Gasteiger partial charge on any atom is -0.509 e. The van der Waals surface area contributed by atoms with Crippen LogP contribution in [0.25, 0.3) is 0 Å². The zero-order valence-corrected chi connectivity index (χ0v) is 50.1. The van der Waals surface area contributed by atoms with Crippen molar-refractivity contribution in [3.05, 3.63) is 80.5 Å². The SMILES string of the molecule is CC1CC2=C3C4C5=C6C7CC14CCC7=CC(C1CCCCC1)CC1C64C(=O)OC(=C(O)CC6C7CC8(CCCC8)C8(CCCC89CCCC9C#CCC8C9CN3C3C(CCC9C3CN68)C2)C7)C4(CC5)C12OC(=O)c1c(CCCN)cccc12. The Kier molecular flexibility index (Phi) is 10.1. The molecule has 0 radical (unpaired) electrons. The lowest BCUT2D eigenvalue weighted by Gasteiger charge is -2.75. The molecule has 7 aliphatic heterocycles. The zero-order valence-electron chi connectivity index (χ0n) is 50.1. The van der Waals surface area contributed by atoms with Gasteiger partial charge in [-0.1, -0.05) is 93.2 Å². The van der Waals surface area contributed by atoms with E-state index in [4.69, 9.17) is 15.2 Å². The van der Waals surface area contributed by atoms with Crippen LogP contribution in [0.2, 0.25) is 0 Å². The Hall–Kier alpha value is -3.80. The van der Waals surface area contributed by atoms with E-state index in [1.807, 2.05) is 0 Å². The Labute approximate surface area is 494 Å². The monoisotopic (exact) mass is 1120 g/mol. The molecule has 3 N–H and O–H groups in total. The van der Waals surface area contributed by atoms with Gasteiger partial charge in [-0.2, -0.15) is 0 Å². The summed E-state index contributed by atoms with van der Waals surface area (Å²) < 4.78 is 15.2. The highest BCUT2D eigenvalue weighted by Crippen LogP contribution is 2.90. The first-order chi connectivity index (χ1) is 40.6. The summed E-state index contributed by atoms with van der Waals surface area (Å²) in [5, 5.41) is 14.5. The molecule has 12 aliphatic carbocycles. The Morgan fingerprint density at radius 2 is 1.69 bits per heavy atom. The normalized spacial score (nSPS) is 50.1. The van der Waals surface area contributed by atoms with Gasteiger partial charge in [-0.3, -0.25) is 9.69 Å². The molecule has 0 amide bonds. The van der Waals surface area contributed by atoms with Crippen LogP contribution in [0.4, 0.5) is 0 Å². The first-order valence-electron chi connectivity index (χ1n) is 35.4. The molecule has 83 heavy (non-hydrogen) atoms. The fraction of sp³-hybridized carbons (Fsp3) is 0.760. The van der Waals surface area contributed by atoms with Crippen LogP contribution in [0.5, 0.6) is 0 Å². The number of aliphatic hydroxyl groups excluding tert-OH is 1. The third-order valence-corrected chi connectivity index (χ3v) is 31.8. The lowest BCUT2D eigenvalue weighted by Crippen LogP contribution is -2.78. The number of esters is 2. The number of carbonyl (C=O) groups is 2.